The van der Waals surface area contributed by atoms with Crippen molar-refractivity contribution in [2.75, 3.05) is 26.2 Å². The minimum Gasteiger partial charge on any atom is -0.337 e. The first-order chi connectivity index (χ1) is 14.0. The number of rotatable bonds is 6. The molecule has 0 spiro atoms. The van der Waals surface area contributed by atoms with Gasteiger partial charge in [0.1, 0.15) is 0 Å². The van der Waals surface area contributed by atoms with Crippen molar-refractivity contribution in [3.63, 3.8) is 0 Å². The van der Waals surface area contributed by atoms with Gasteiger partial charge in [-0.2, -0.15) is 0 Å². The van der Waals surface area contributed by atoms with Crippen LogP contribution in [-0.4, -0.2) is 56.3 Å². The molecule has 0 unspecified atom stereocenters. The Morgan fingerprint density at radius 1 is 0.966 bits per heavy atom. The highest BCUT2D eigenvalue weighted by Crippen LogP contribution is 2.23. The van der Waals surface area contributed by atoms with E-state index in [1.807, 2.05) is 23.1 Å². The van der Waals surface area contributed by atoms with Crippen LogP contribution in [-0.2, 0) is 16.6 Å². The van der Waals surface area contributed by atoms with Crippen molar-refractivity contribution in [1.29, 1.82) is 0 Å². The highest BCUT2D eigenvalue weighted by Gasteiger charge is 2.28. The van der Waals surface area contributed by atoms with E-state index < -0.39 is 10.0 Å². The Hall–Kier alpha value is -2.22. The van der Waals surface area contributed by atoms with Crippen molar-refractivity contribution >= 4 is 15.9 Å². The Kier molecular flexibility index (Phi) is 5.99. The van der Waals surface area contributed by atoms with Gasteiger partial charge >= 0.3 is 0 Å². The van der Waals surface area contributed by atoms with Gasteiger partial charge in [-0.05, 0) is 43.0 Å². The third-order valence-corrected chi connectivity index (χ3v) is 6.93. The van der Waals surface area contributed by atoms with E-state index in [-0.39, 0.29) is 16.8 Å². The lowest BCUT2D eigenvalue weighted by molar-refractivity contribution is 0.0761. The highest BCUT2D eigenvalue weighted by molar-refractivity contribution is 7.89. The van der Waals surface area contributed by atoms with Crippen LogP contribution < -0.4 is 4.72 Å². The molecule has 2 aromatic rings. The van der Waals surface area contributed by atoms with Gasteiger partial charge in [-0.15, -0.1) is 0 Å². The van der Waals surface area contributed by atoms with E-state index in [2.05, 4.69) is 21.8 Å². The molecular weight excluding hydrogens is 386 g/mol. The lowest BCUT2D eigenvalue weighted by Crippen LogP contribution is -2.35. The summed E-state index contributed by atoms with van der Waals surface area (Å²) in [5, 5.41) is 0. The molecule has 1 amide bonds. The van der Waals surface area contributed by atoms with Crippen LogP contribution in [0.5, 0.6) is 0 Å². The van der Waals surface area contributed by atoms with Crippen LogP contribution in [0.3, 0.4) is 0 Å². The summed E-state index contributed by atoms with van der Waals surface area (Å²) in [4.78, 5) is 17.4. The van der Waals surface area contributed by atoms with Gasteiger partial charge in [-0.25, -0.2) is 13.1 Å². The number of carbonyl (C=O) groups is 1. The van der Waals surface area contributed by atoms with Gasteiger partial charge in [0.2, 0.25) is 10.0 Å². The number of nitrogens with one attached hydrogen (secondary N) is 1. The second-order valence-electron chi connectivity index (χ2n) is 7.83. The van der Waals surface area contributed by atoms with Crippen LogP contribution in [0.1, 0.15) is 35.2 Å². The molecule has 2 aromatic carbocycles. The Labute approximate surface area is 172 Å². The van der Waals surface area contributed by atoms with Gasteiger partial charge < -0.3 is 4.90 Å². The Morgan fingerprint density at radius 2 is 1.76 bits per heavy atom. The Bertz CT molecular complexity index is 958. The second-order valence-corrected chi connectivity index (χ2v) is 9.54. The van der Waals surface area contributed by atoms with Crippen LogP contribution in [0.15, 0.2) is 59.5 Å². The summed E-state index contributed by atoms with van der Waals surface area (Å²) in [7, 11) is -3.56. The minimum atomic E-state index is -3.56. The lowest BCUT2D eigenvalue weighted by Gasteiger charge is -2.22. The van der Waals surface area contributed by atoms with Crippen molar-refractivity contribution in [2.45, 2.75) is 36.7 Å². The third kappa shape index (κ3) is 5.23. The molecule has 0 aromatic heterocycles. The summed E-state index contributed by atoms with van der Waals surface area (Å²) >= 11 is 0. The second kappa shape index (κ2) is 8.65. The van der Waals surface area contributed by atoms with E-state index in [4.69, 9.17) is 0 Å². The van der Waals surface area contributed by atoms with Crippen LogP contribution in [0.25, 0.3) is 0 Å². The molecule has 1 saturated heterocycles. The minimum absolute atomic E-state index is 0.0422. The summed E-state index contributed by atoms with van der Waals surface area (Å²) in [5.74, 6) is -0.102. The zero-order valence-electron chi connectivity index (χ0n) is 16.5. The van der Waals surface area contributed by atoms with Crippen molar-refractivity contribution in [2.24, 2.45) is 0 Å². The SMILES string of the molecule is O=C(c1cccc(S(=O)(=O)NC2CC2)c1)N1CCCN(Cc2ccccc2)CC1. The fourth-order valence-electron chi connectivity index (χ4n) is 3.64. The van der Waals surface area contributed by atoms with Crippen molar-refractivity contribution in [3.8, 4) is 0 Å². The summed E-state index contributed by atoms with van der Waals surface area (Å²) in [6, 6.07) is 16.8. The molecule has 1 saturated carbocycles. The maximum Gasteiger partial charge on any atom is 0.253 e. The number of benzene rings is 2. The molecule has 0 bridgehead atoms. The van der Waals surface area contributed by atoms with Crippen LogP contribution in [0.2, 0.25) is 0 Å². The molecule has 0 atom stereocenters. The highest BCUT2D eigenvalue weighted by atomic mass is 32.2. The van der Waals surface area contributed by atoms with E-state index in [0.29, 0.717) is 18.7 Å². The predicted molar refractivity (Wildman–Crippen MR) is 112 cm³/mol. The first-order valence-corrected chi connectivity index (χ1v) is 11.7. The average molecular weight is 414 g/mol. The molecule has 6 nitrogen and oxygen atoms in total. The maximum absolute atomic E-state index is 13.0. The van der Waals surface area contributed by atoms with Crippen molar-refractivity contribution in [1.82, 2.24) is 14.5 Å². The van der Waals surface area contributed by atoms with Crippen molar-refractivity contribution in [3.05, 3.63) is 65.7 Å². The van der Waals surface area contributed by atoms with Gasteiger partial charge in [0.25, 0.3) is 5.91 Å². The maximum atomic E-state index is 13.0. The van der Waals surface area contributed by atoms with Gasteiger partial charge in [-0.3, -0.25) is 9.69 Å². The van der Waals surface area contributed by atoms with E-state index in [1.54, 1.807) is 18.2 Å². The number of hydrogen-bond donors (Lipinski definition) is 1. The van der Waals surface area contributed by atoms with Gasteiger partial charge in [0.05, 0.1) is 4.90 Å². The number of sulfonamides is 1. The van der Waals surface area contributed by atoms with Gasteiger partial charge in [-0.1, -0.05) is 36.4 Å². The monoisotopic (exact) mass is 413 g/mol. The molecule has 2 fully saturated rings. The van der Waals surface area contributed by atoms with E-state index >= 15 is 0 Å². The molecular formula is C22H27N3O3S. The largest absolute Gasteiger partial charge is 0.337 e. The van der Waals surface area contributed by atoms with Gasteiger partial charge in [0, 0.05) is 44.3 Å². The standard InChI is InChI=1S/C22H27N3O3S/c26-22(19-8-4-9-21(16-19)29(27,28)23-20-10-11-20)25-13-5-12-24(14-15-25)17-18-6-2-1-3-7-18/h1-4,6-9,16,20,23H,5,10-15,17H2. The normalized spacial score (nSPS) is 18.4. The summed E-state index contributed by atoms with van der Waals surface area (Å²) in [5.41, 5.74) is 1.70. The Morgan fingerprint density at radius 3 is 2.52 bits per heavy atom. The van der Waals surface area contributed by atoms with Gasteiger partial charge in [0.15, 0.2) is 0 Å². The molecule has 1 N–H and O–H groups in total. The first kappa shape index (κ1) is 20.1. The summed E-state index contributed by atoms with van der Waals surface area (Å²) in [6.07, 6.45) is 2.66. The molecule has 29 heavy (non-hydrogen) atoms. The Balaban J connectivity index is 1.41. The van der Waals surface area contributed by atoms with Crippen LogP contribution >= 0.6 is 0 Å². The van der Waals surface area contributed by atoms with Crippen molar-refractivity contribution < 1.29 is 13.2 Å². The number of nitrogens with zero attached hydrogens (tertiary/aromatic N) is 2. The van der Waals surface area contributed by atoms with Crippen LogP contribution in [0.4, 0.5) is 0 Å². The van der Waals surface area contributed by atoms with E-state index in [1.165, 1.54) is 11.6 Å². The quantitative estimate of drug-likeness (QED) is 0.790. The molecule has 4 rings (SSSR count). The summed E-state index contributed by atoms with van der Waals surface area (Å²) < 4.78 is 27.6. The first-order valence-electron chi connectivity index (χ1n) is 10.2. The third-order valence-electron chi connectivity index (χ3n) is 5.42. The molecule has 1 heterocycles. The number of amides is 1. The number of carbonyl (C=O) groups excluding carboxylic acids is 1. The molecule has 1 aliphatic heterocycles. The fraction of sp³-hybridized carbons (Fsp3) is 0.409. The van der Waals surface area contributed by atoms with Crippen LogP contribution in [0, 0.1) is 0 Å². The zero-order valence-corrected chi connectivity index (χ0v) is 17.3. The number of hydrogen-bond acceptors (Lipinski definition) is 4. The fourth-order valence-corrected chi connectivity index (χ4v) is 4.99. The predicted octanol–water partition coefficient (Wildman–Crippen LogP) is 2.48. The average Bonchev–Trinajstić information content (AvgIpc) is 3.56. The molecule has 2 aliphatic rings. The zero-order chi connectivity index (χ0) is 20.3. The smallest absolute Gasteiger partial charge is 0.253 e. The molecule has 154 valence electrons. The molecule has 7 heteroatoms. The topological polar surface area (TPSA) is 69.7 Å². The molecule has 0 radical (unpaired) electrons. The summed E-state index contributed by atoms with van der Waals surface area (Å²) in [6.45, 7) is 3.95. The van der Waals surface area contributed by atoms with E-state index in [9.17, 15) is 13.2 Å². The molecule has 1 aliphatic carbocycles. The van der Waals surface area contributed by atoms with E-state index in [0.717, 1.165) is 38.9 Å². The lowest BCUT2D eigenvalue weighted by atomic mass is 10.2.